The van der Waals surface area contributed by atoms with Gasteiger partial charge >= 0.3 is 0 Å². The van der Waals surface area contributed by atoms with Gasteiger partial charge in [0.25, 0.3) is 0 Å². The molecule has 0 saturated heterocycles. The number of para-hydroxylation sites is 1. The van der Waals surface area contributed by atoms with E-state index in [2.05, 4.69) is 32.9 Å². The summed E-state index contributed by atoms with van der Waals surface area (Å²) in [6.07, 6.45) is 2.58. The molecule has 2 heterocycles. The second-order valence-electron chi connectivity index (χ2n) is 4.78. The zero-order valence-electron chi connectivity index (χ0n) is 11.6. The van der Waals surface area contributed by atoms with Crippen LogP contribution in [0.1, 0.15) is 29.5 Å². The van der Waals surface area contributed by atoms with E-state index in [1.165, 1.54) is 0 Å². The number of nitrogens with zero attached hydrogens (tertiary/aromatic N) is 3. The molecule has 0 aliphatic rings. The van der Waals surface area contributed by atoms with Crippen LogP contribution in [0.15, 0.2) is 47.1 Å². The van der Waals surface area contributed by atoms with Crippen LogP contribution in [0.3, 0.4) is 0 Å². The lowest BCUT2D eigenvalue weighted by Crippen LogP contribution is -2.13. The monoisotopic (exact) mass is 343 g/mol. The minimum absolute atomic E-state index is 0.112. The zero-order valence-corrected chi connectivity index (χ0v) is 13.2. The minimum Gasteiger partial charge on any atom is -0.285 e. The number of halogens is 1. The van der Waals surface area contributed by atoms with E-state index >= 15 is 0 Å². The highest BCUT2D eigenvalue weighted by Gasteiger charge is 2.19. The fraction of sp³-hybridized carbons (Fsp3) is 0.188. The molecule has 0 aliphatic carbocycles. The summed E-state index contributed by atoms with van der Waals surface area (Å²) in [6, 6.07) is 11.4. The van der Waals surface area contributed by atoms with E-state index in [9.17, 15) is 4.79 Å². The first-order valence-corrected chi connectivity index (χ1v) is 7.62. The quantitative estimate of drug-likeness (QED) is 0.676. The summed E-state index contributed by atoms with van der Waals surface area (Å²) in [5.41, 5.74) is 1.80. The Balaban J connectivity index is 2.08. The summed E-state index contributed by atoms with van der Waals surface area (Å²) < 4.78 is 2.43. The number of hydrogen-bond acceptors (Lipinski definition) is 3. The molecule has 4 nitrogen and oxygen atoms in total. The van der Waals surface area contributed by atoms with Crippen molar-refractivity contribution in [2.45, 2.75) is 19.9 Å². The van der Waals surface area contributed by atoms with Crippen LogP contribution in [-0.4, -0.2) is 20.5 Å². The first-order chi connectivity index (χ1) is 10.2. The molecule has 0 N–H and O–H groups in total. The van der Waals surface area contributed by atoms with E-state index in [4.69, 9.17) is 0 Å². The summed E-state index contributed by atoms with van der Waals surface area (Å²) in [7, 11) is 0. The van der Waals surface area contributed by atoms with E-state index in [1.807, 2.05) is 30.3 Å². The van der Waals surface area contributed by atoms with Crippen molar-refractivity contribution in [1.82, 2.24) is 14.8 Å². The van der Waals surface area contributed by atoms with Crippen LogP contribution >= 0.6 is 15.9 Å². The number of benzene rings is 1. The maximum Gasteiger partial charge on any atom is 0.230 e. The maximum absolute atomic E-state index is 12.7. The van der Waals surface area contributed by atoms with Crippen LogP contribution in [-0.2, 0) is 6.54 Å². The molecule has 0 bridgehead atoms. The first kappa shape index (κ1) is 13.9. The number of aromatic nitrogens is 3. The number of hydrogen-bond donors (Lipinski definition) is 0. The van der Waals surface area contributed by atoms with Crippen molar-refractivity contribution in [3.8, 4) is 0 Å². The highest BCUT2D eigenvalue weighted by atomic mass is 79.9. The average Bonchev–Trinajstić information content (AvgIpc) is 2.94. The molecular formula is C16H14BrN3O. The Bertz CT molecular complexity index is 810. The number of ketones is 1. The average molecular weight is 344 g/mol. The Morgan fingerprint density at radius 2 is 2.10 bits per heavy atom. The van der Waals surface area contributed by atoms with Crippen molar-refractivity contribution < 1.29 is 4.79 Å². The second-order valence-corrected chi connectivity index (χ2v) is 5.63. The molecule has 0 atom stereocenters. The topological polar surface area (TPSA) is 47.8 Å². The van der Waals surface area contributed by atoms with Gasteiger partial charge in [0, 0.05) is 22.6 Å². The van der Waals surface area contributed by atoms with Crippen LogP contribution in [0, 0.1) is 0 Å². The van der Waals surface area contributed by atoms with Gasteiger partial charge in [0.05, 0.1) is 5.52 Å². The maximum atomic E-state index is 12.7. The molecule has 3 aromatic rings. The van der Waals surface area contributed by atoms with E-state index in [1.54, 1.807) is 16.9 Å². The Morgan fingerprint density at radius 1 is 1.29 bits per heavy atom. The summed E-state index contributed by atoms with van der Waals surface area (Å²) >= 11 is 3.45. The van der Waals surface area contributed by atoms with Crippen molar-refractivity contribution >= 4 is 32.6 Å². The van der Waals surface area contributed by atoms with Crippen LogP contribution in [0.25, 0.3) is 10.9 Å². The van der Waals surface area contributed by atoms with Crippen LogP contribution in [0.2, 0.25) is 0 Å². The third-order valence-corrected chi connectivity index (χ3v) is 3.88. The van der Waals surface area contributed by atoms with Crippen molar-refractivity contribution in [3.05, 3.63) is 58.5 Å². The lowest BCUT2D eigenvalue weighted by molar-refractivity contribution is 0.102. The summed E-state index contributed by atoms with van der Waals surface area (Å²) in [6.45, 7) is 2.78. The van der Waals surface area contributed by atoms with Gasteiger partial charge in [-0.05, 0) is 40.5 Å². The van der Waals surface area contributed by atoms with Gasteiger partial charge in [0.2, 0.25) is 5.78 Å². The SMILES string of the molecule is CCCn1nccc1C(=O)c1nc2ccccc2cc1Br. The molecule has 0 fully saturated rings. The van der Waals surface area contributed by atoms with Gasteiger partial charge in [-0.1, -0.05) is 25.1 Å². The fourth-order valence-corrected chi connectivity index (χ4v) is 2.80. The van der Waals surface area contributed by atoms with Crippen molar-refractivity contribution in [3.63, 3.8) is 0 Å². The molecule has 0 aliphatic heterocycles. The van der Waals surface area contributed by atoms with Crippen molar-refractivity contribution in [2.24, 2.45) is 0 Å². The van der Waals surface area contributed by atoms with Crippen LogP contribution in [0.5, 0.6) is 0 Å². The predicted octanol–water partition coefficient (Wildman–Crippen LogP) is 3.83. The van der Waals surface area contributed by atoms with Gasteiger partial charge in [0.15, 0.2) is 0 Å². The lowest BCUT2D eigenvalue weighted by atomic mass is 10.1. The molecular weight excluding hydrogens is 330 g/mol. The Hall–Kier alpha value is -2.01. The van der Waals surface area contributed by atoms with E-state index in [0.717, 1.165) is 23.9 Å². The summed E-state index contributed by atoms with van der Waals surface area (Å²) in [4.78, 5) is 17.2. The Kier molecular flexibility index (Phi) is 3.84. The molecule has 0 spiro atoms. The smallest absolute Gasteiger partial charge is 0.230 e. The fourth-order valence-electron chi connectivity index (χ4n) is 2.29. The molecule has 106 valence electrons. The van der Waals surface area contributed by atoms with Gasteiger partial charge in [0.1, 0.15) is 11.4 Å². The van der Waals surface area contributed by atoms with Crippen molar-refractivity contribution in [2.75, 3.05) is 0 Å². The number of aryl methyl sites for hydroxylation is 1. The minimum atomic E-state index is -0.112. The molecule has 3 rings (SSSR count). The molecule has 5 heteroatoms. The highest BCUT2D eigenvalue weighted by molar-refractivity contribution is 9.10. The molecule has 0 saturated carbocycles. The number of fused-ring (bicyclic) bond motifs is 1. The number of rotatable bonds is 4. The normalized spacial score (nSPS) is 11.0. The van der Waals surface area contributed by atoms with Gasteiger partial charge in [-0.2, -0.15) is 5.10 Å². The predicted molar refractivity (Wildman–Crippen MR) is 85.4 cm³/mol. The van der Waals surface area contributed by atoms with Gasteiger partial charge in [-0.3, -0.25) is 9.48 Å². The largest absolute Gasteiger partial charge is 0.285 e. The third kappa shape index (κ3) is 2.61. The lowest BCUT2D eigenvalue weighted by Gasteiger charge is -2.07. The number of carbonyl (C=O) groups excluding carboxylic acids is 1. The zero-order chi connectivity index (χ0) is 14.8. The van der Waals surface area contributed by atoms with E-state index in [-0.39, 0.29) is 5.78 Å². The molecule has 1 aromatic carbocycles. The first-order valence-electron chi connectivity index (χ1n) is 6.82. The van der Waals surface area contributed by atoms with Crippen molar-refractivity contribution in [1.29, 1.82) is 0 Å². The Morgan fingerprint density at radius 3 is 2.90 bits per heavy atom. The van der Waals surface area contributed by atoms with Gasteiger partial charge in [-0.25, -0.2) is 4.98 Å². The molecule has 0 amide bonds. The van der Waals surface area contributed by atoms with Crippen LogP contribution in [0.4, 0.5) is 0 Å². The Labute approximate surface area is 130 Å². The standard InChI is InChI=1S/C16H14BrN3O/c1-2-9-20-14(7-8-18-20)16(21)15-12(17)10-11-5-3-4-6-13(11)19-15/h3-8,10H,2,9H2,1H3. The van der Waals surface area contributed by atoms with E-state index in [0.29, 0.717) is 15.9 Å². The molecule has 0 unspecified atom stereocenters. The summed E-state index contributed by atoms with van der Waals surface area (Å²) in [5, 5.41) is 5.20. The molecule has 21 heavy (non-hydrogen) atoms. The van der Waals surface area contributed by atoms with E-state index < -0.39 is 0 Å². The second kappa shape index (κ2) is 5.77. The molecule has 2 aromatic heterocycles. The summed E-state index contributed by atoms with van der Waals surface area (Å²) in [5.74, 6) is -0.112. The third-order valence-electron chi connectivity index (χ3n) is 3.28. The van der Waals surface area contributed by atoms with Gasteiger partial charge in [-0.15, -0.1) is 0 Å². The molecule has 0 radical (unpaired) electrons. The number of pyridine rings is 1. The van der Waals surface area contributed by atoms with Gasteiger partial charge < -0.3 is 0 Å². The highest BCUT2D eigenvalue weighted by Crippen LogP contribution is 2.23. The number of carbonyl (C=O) groups is 1. The van der Waals surface area contributed by atoms with Crippen LogP contribution < -0.4 is 0 Å².